The van der Waals surface area contributed by atoms with Crippen LogP contribution in [0.4, 0.5) is 0 Å². The molecule has 168 valence electrons. The first-order chi connectivity index (χ1) is 16.1. The Morgan fingerprint density at radius 1 is 0.667 bits per heavy atom. The van der Waals surface area contributed by atoms with Gasteiger partial charge in [-0.2, -0.15) is 0 Å². The van der Waals surface area contributed by atoms with Gasteiger partial charge in [0.15, 0.2) is 11.5 Å². The van der Waals surface area contributed by atoms with E-state index >= 15 is 0 Å². The summed E-state index contributed by atoms with van der Waals surface area (Å²) in [4.78, 5) is 25.7. The molecule has 2 aliphatic carbocycles. The molecular formula is C27H24O6. The summed E-state index contributed by atoms with van der Waals surface area (Å²) >= 11 is 0. The minimum atomic E-state index is -0.525. The van der Waals surface area contributed by atoms with Crippen LogP contribution in [0.25, 0.3) is 0 Å². The lowest BCUT2D eigenvalue weighted by Gasteiger charge is -2.19. The number of fused-ring (bicyclic) bond motifs is 5. The van der Waals surface area contributed by atoms with Crippen molar-refractivity contribution in [2.75, 3.05) is 14.2 Å². The van der Waals surface area contributed by atoms with Gasteiger partial charge in [0, 0.05) is 0 Å². The molecule has 3 aromatic rings. The Hall–Kier alpha value is -3.80. The van der Waals surface area contributed by atoms with E-state index in [4.69, 9.17) is 18.9 Å². The highest BCUT2D eigenvalue weighted by Crippen LogP contribution is 2.55. The average Bonchev–Trinajstić information content (AvgIpc) is 3.47. The van der Waals surface area contributed by atoms with Gasteiger partial charge in [0.25, 0.3) is 0 Å². The van der Waals surface area contributed by atoms with Gasteiger partial charge in [-0.15, -0.1) is 0 Å². The van der Waals surface area contributed by atoms with Crippen molar-refractivity contribution in [1.82, 2.24) is 0 Å². The molecule has 0 amide bonds. The molecule has 6 heteroatoms. The van der Waals surface area contributed by atoms with Crippen LogP contribution in [-0.4, -0.2) is 26.2 Å². The van der Waals surface area contributed by atoms with Gasteiger partial charge >= 0.3 is 11.9 Å². The summed E-state index contributed by atoms with van der Waals surface area (Å²) in [7, 11) is 3.13. The monoisotopic (exact) mass is 444 g/mol. The lowest BCUT2D eigenvalue weighted by Crippen LogP contribution is -2.14. The maximum atomic E-state index is 12.8. The van der Waals surface area contributed by atoms with Crippen molar-refractivity contribution < 1.29 is 28.5 Å². The van der Waals surface area contributed by atoms with Gasteiger partial charge < -0.3 is 18.9 Å². The van der Waals surface area contributed by atoms with Crippen molar-refractivity contribution in [2.45, 2.75) is 31.1 Å². The van der Waals surface area contributed by atoms with E-state index in [1.807, 2.05) is 12.1 Å². The number of ether oxygens (including phenoxy) is 4. The highest BCUT2D eigenvalue weighted by Gasteiger charge is 2.38. The molecule has 0 spiro atoms. The van der Waals surface area contributed by atoms with Gasteiger partial charge in [0.2, 0.25) is 0 Å². The van der Waals surface area contributed by atoms with Crippen LogP contribution in [0.15, 0.2) is 60.7 Å². The molecule has 0 aromatic heterocycles. The molecule has 2 aliphatic rings. The fraction of sp³-hybridized carbons (Fsp3) is 0.259. The molecule has 1 fully saturated rings. The maximum absolute atomic E-state index is 12.8. The van der Waals surface area contributed by atoms with Gasteiger partial charge in [-0.1, -0.05) is 0 Å². The molecule has 33 heavy (non-hydrogen) atoms. The van der Waals surface area contributed by atoms with Crippen molar-refractivity contribution in [3.8, 4) is 23.0 Å². The molecule has 0 aliphatic heterocycles. The van der Waals surface area contributed by atoms with Crippen LogP contribution >= 0.6 is 0 Å². The van der Waals surface area contributed by atoms with E-state index in [9.17, 15) is 9.59 Å². The Kier molecular flexibility index (Phi) is 5.50. The van der Waals surface area contributed by atoms with Crippen molar-refractivity contribution in [3.05, 3.63) is 82.9 Å². The van der Waals surface area contributed by atoms with Crippen molar-refractivity contribution in [3.63, 3.8) is 0 Å². The van der Waals surface area contributed by atoms with E-state index in [2.05, 4.69) is 0 Å². The molecule has 0 heterocycles. The van der Waals surface area contributed by atoms with Crippen molar-refractivity contribution >= 4 is 11.9 Å². The molecule has 5 rings (SSSR count). The van der Waals surface area contributed by atoms with Crippen LogP contribution in [0.1, 0.15) is 62.9 Å². The molecule has 0 radical (unpaired) electrons. The van der Waals surface area contributed by atoms with Crippen LogP contribution in [-0.2, 0) is 0 Å². The first-order valence-corrected chi connectivity index (χ1v) is 11.0. The van der Waals surface area contributed by atoms with E-state index in [1.54, 1.807) is 62.8 Å². The predicted octanol–water partition coefficient (Wildman–Crippen LogP) is 5.51. The van der Waals surface area contributed by atoms with Crippen molar-refractivity contribution in [1.29, 1.82) is 0 Å². The minimum absolute atomic E-state index is 0.254. The first-order valence-electron chi connectivity index (χ1n) is 11.0. The molecule has 2 bridgehead atoms. The van der Waals surface area contributed by atoms with Crippen LogP contribution in [0.2, 0.25) is 0 Å². The van der Waals surface area contributed by atoms with E-state index in [-0.39, 0.29) is 11.5 Å². The van der Waals surface area contributed by atoms with E-state index in [1.165, 1.54) is 11.1 Å². The SMILES string of the molecule is COc1ccc(C(=O)Oc2cc3c(cc2OC(=O)c2ccc(OC)cc2)C2CCC3C2)cc1. The fourth-order valence-electron chi connectivity index (χ4n) is 4.78. The largest absolute Gasteiger partial charge is 0.497 e. The zero-order valence-corrected chi connectivity index (χ0v) is 18.5. The number of carbonyl (C=O) groups is 2. The number of esters is 2. The molecule has 6 nitrogen and oxygen atoms in total. The number of rotatable bonds is 6. The second-order valence-corrected chi connectivity index (χ2v) is 8.37. The fourth-order valence-corrected chi connectivity index (χ4v) is 4.78. The predicted molar refractivity (Wildman–Crippen MR) is 122 cm³/mol. The summed E-state index contributed by atoms with van der Waals surface area (Å²) in [6.07, 6.45) is 3.36. The Labute approximate surface area is 192 Å². The Morgan fingerprint density at radius 2 is 1.06 bits per heavy atom. The Bertz CT molecular complexity index is 1100. The van der Waals surface area contributed by atoms with Gasteiger partial charge in [-0.05, 0) is 103 Å². The highest BCUT2D eigenvalue weighted by atomic mass is 16.6. The summed E-state index contributed by atoms with van der Waals surface area (Å²) in [5.41, 5.74) is 3.14. The first kappa shape index (κ1) is 21.1. The lowest BCUT2D eigenvalue weighted by atomic mass is 9.91. The molecule has 2 atom stereocenters. The molecule has 3 aromatic carbocycles. The molecular weight excluding hydrogens is 420 g/mol. The third kappa shape index (κ3) is 4.04. The van der Waals surface area contributed by atoms with E-state index in [0.29, 0.717) is 34.5 Å². The second kappa shape index (κ2) is 8.62. The van der Waals surface area contributed by atoms with Crippen LogP contribution in [0, 0.1) is 0 Å². The lowest BCUT2D eigenvalue weighted by molar-refractivity contribution is 0.0682. The summed E-state index contributed by atoms with van der Waals surface area (Å²) in [5, 5.41) is 0. The number of hydrogen-bond acceptors (Lipinski definition) is 6. The van der Waals surface area contributed by atoms with E-state index in [0.717, 1.165) is 19.3 Å². The summed E-state index contributed by atoms with van der Waals surface area (Å²) in [5.74, 6) is 1.69. The number of hydrogen-bond donors (Lipinski definition) is 0. The summed E-state index contributed by atoms with van der Waals surface area (Å²) in [6.45, 7) is 0. The van der Waals surface area contributed by atoms with Crippen LogP contribution < -0.4 is 18.9 Å². The van der Waals surface area contributed by atoms with Gasteiger partial charge in [-0.25, -0.2) is 9.59 Å². The third-order valence-electron chi connectivity index (χ3n) is 6.52. The molecule has 2 unspecified atom stereocenters. The topological polar surface area (TPSA) is 71.1 Å². The minimum Gasteiger partial charge on any atom is -0.497 e. The maximum Gasteiger partial charge on any atom is 0.343 e. The summed E-state index contributed by atoms with van der Waals surface area (Å²) in [6, 6.07) is 17.1. The summed E-state index contributed by atoms with van der Waals surface area (Å²) < 4.78 is 21.8. The number of methoxy groups -OCH3 is 2. The quantitative estimate of drug-likeness (QED) is 0.369. The van der Waals surface area contributed by atoms with Crippen LogP contribution in [0.3, 0.4) is 0 Å². The van der Waals surface area contributed by atoms with Gasteiger partial charge in [0.05, 0.1) is 25.3 Å². The average molecular weight is 444 g/mol. The standard InChI is InChI=1S/C27H24O6/c1-30-20-9-5-16(6-10-20)26(28)32-24-14-22-18-3-4-19(13-18)23(22)15-25(24)33-27(29)17-7-11-21(31-2)12-8-17/h5-12,14-15,18-19H,3-4,13H2,1-2H3. The smallest absolute Gasteiger partial charge is 0.343 e. The Morgan fingerprint density at radius 3 is 1.42 bits per heavy atom. The van der Waals surface area contributed by atoms with Crippen LogP contribution in [0.5, 0.6) is 23.0 Å². The number of carbonyl (C=O) groups excluding carboxylic acids is 2. The normalized spacial score (nSPS) is 17.9. The molecule has 1 saturated carbocycles. The molecule has 0 saturated heterocycles. The Balaban J connectivity index is 1.44. The van der Waals surface area contributed by atoms with Gasteiger partial charge in [0.1, 0.15) is 11.5 Å². The number of benzene rings is 3. The van der Waals surface area contributed by atoms with Gasteiger partial charge in [-0.3, -0.25) is 0 Å². The zero-order chi connectivity index (χ0) is 22.9. The third-order valence-corrected chi connectivity index (χ3v) is 6.52. The molecule has 0 N–H and O–H groups in total. The second-order valence-electron chi connectivity index (χ2n) is 8.37. The van der Waals surface area contributed by atoms with Crippen molar-refractivity contribution in [2.24, 2.45) is 0 Å². The van der Waals surface area contributed by atoms with E-state index < -0.39 is 11.9 Å². The zero-order valence-electron chi connectivity index (χ0n) is 18.5. The highest BCUT2D eigenvalue weighted by molar-refractivity contribution is 5.93.